The summed E-state index contributed by atoms with van der Waals surface area (Å²) in [7, 11) is 6.24. The molecule has 3 aromatic carbocycles. The van der Waals surface area contributed by atoms with Gasteiger partial charge in [0.05, 0.1) is 51.7 Å². The number of nitriles is 2. The molecule has 0 aromatic heterocycles. The first-order chi connectivity index (χ1) is 16.6. The minimum atomic E-state index is 0.417. The highest BCUT2D eigenvalue weighted by molar-refractivity contribution is 5.97. The number of ether oxygens (including phenoxy) is 4. The van der Waals surface area contributed by atoms with Crippen LogP contribution in [0.1, 0.15) is 22.3 Å². The summed E-state index contributed by atoms with van der Waals surface area (Å²) in [4.78, 5) is 0. The molecule has 0 fully saturated rings. The molecule has 0 saturated heterocycles. The predicted octanol–water partition coefficient (Wildman–Crippen LogP) is 5.85. The monoisotopic (exact) mass is 452 g/mol. The largest absolute Gasteiger partial charge is 0.497 e. The van der Waals surface area contributed by atoms with Gasteiger partial charge in [0, 0.05) is 23.3 Å². The normalized spacial score (nSPS) is 11.2. The van der Waals surface area contributed by atoms with E-state index in [1.165, 1.54) is 0 Å². The van der Waals surface area contributed by atoms with Crippen molar-refractivity contribution in [3.8, 4) is 35.1 Å². The fraction of sp³-hybridized carbons (Fsp3) is 0.143. The van der Waals surface area contributed by atoms with Crippen LogP contribution in [0.15, 0.2) is 60.7 Å². The van der Waals surface area contributed by atoms with Crippen molar-refractivity contribution < 1.29 is 18.9 Å². The van der Waals surface area contributed by atoms with E-state index in [-0.39, 0.29) is 0 Å². The van der Waals surface area contributed by atoms with Crippen molar-refractivity contribution in [1.82, 2.24) is 0 Å². The van der Waals surface area contributed by atoms with Crippen molar-refractivity contribution in [3.63, 3.8) is 0 Å². The van der Waals surface area contributed by atoms with Gasteiger partial charge in [-0.25, -0.2) is 0 Å². The molecule has 34 heavy (non-hydrogen) atoms. The van der Waals surface area contributed by atoms with Crippen molar-refractivity contribution in [1.29, 1.82) is 10.5 Å². The zero-order valence-corrected chi connectivity index (χ0v) is 19.5. The lowest BCUT2D eigenvalue weighted by Crippen LogP contribution is -1.94. The third kappa shape index (κ3) is 5.20. The lowest BCUT2D eigenvalue weighted by atomic mass is 9.97. The van der Waals surface area contributed by atoms with Gasteiger partial charge in [-0.1, -0.05) is 24.3 Å². The van der Waals surface area contributed by atoms with Gasteiger partial charge < -0.3 is 18.9 Å². The Balaban J connectivity index is 2.12. The second-order valence-corrected chi connectivity index (χ2v) is 7.10. The summed E-state index contributed by atoms with van der Waals surface area (Å²) in [5.41, 5.74) is 3.67. The highest BCUT2D eigenvalue weighted by Crippen LogP contribution is 2.34. The first-order valence-electron chi connectivity index (χ1n) is 10.4. The molecule has 0 aliphatic rings. The fourth-order valence-electron chi connectivity index (χ4n) is 3.47. The molecule has 0 saturated carbocycles. The van der Waals surface area contributed by atoms with E-state index < -0.39 is 0 Å². The smallest absolute Gasteiger partial charge is 0.131 e. The predicted molar refractivity (Wildman–Crippen MR) is 133 cm³/mol. The van der Waals surface area contributed by atoms with Crippen molar-refractivity contribution in [2.24, 2.45) is 0 Å². The van der Waals surface area contributed by atoms with Gasteiger partial charge >= 0.3 is 0 Å². The molecule has 0 aliphatic carbocycles. The molecule has 3 aromatic rings. The molecule has 0 atom stereocenters. The van der Waals surface area contributed by atoms with Gasteiger partial charge in [0.1, 0.15) is 23.0 Å². The lowest BCUT2D eigenvalue weighted by Gasteiger charge is -2.11. The Morgan fingerprint density at radius 3 is 1.35 bits per heavy atom. The second-order valence-electron chi connectivity index (χ2n) is 7.10. The number of benzene rings is 3. The summed E-state index contributed by atoms with van der Waals surface area (Å²) in [6.45, 7) is 0. The summed E-state index contributed by atoms with van der Waals surface area (Å²) in [6, 6.07) is 22.6. The van der Waals surface area contributed by atoms with Crippen molar-refractivity contribution in [2.75, 3.05) is 28.4 Å². The summed E-state index contributed by atoms with van der Waals surface area (Å²) in [5, 5.41) is 19.8. The van der Waals surface area contributed by atoms with Crippen LogP contribution in [0.2, 0.25) is 0 Å². The van der Waals surface area contributed by atoms with Gasteiger partial charge in [-0.05, 0) is 47.5 Å². The van der Waals surface area contributed by atoms with Crippen molar-refractivity contribution >= 4 is 23.3 Å². The maximum atomic E-state index is 9.90. The maximum Gasteiger partial charge on any atom is 0.131 e. The van der Waals surface area contributed by atoms with Crippen LogP contribution >= 0.6 is 0 Å². The molecule has 0 bridgehead atoms. The molecule has 0 amide bonds. The third-order valence-corrected chi connectivity index (χ3v) is 5.23. The van der Waals surface area contributed by atoms with E-state index in [1.54, 1.807) is 77.0 Å². The molecule has 0 radical (unpaired) electrons. The summed E-state index contributed by atoms with van der Waals surface area (Å²) >= 11 is 0. The standard InChI is InChI=1S/C28H24N2O4/c1-31-23-9-11-25(27(15-23)33-3)21(17-29)13-19-7-5-6-8-20(19)14-22(18-30)26-12-10-24(32-2)16-28(26)34-4/h5-16H,1-4H3. The quantitative estimate of drug-likeness (QED) is 0.315. The Morgan fingerprint density at radius 2 is 1.03 bits per heavy atom. The zero-order chi connectivity index (χ0) is 24.5. The van der Waals surface area contributed by atoms with Crippen LogP contribution in [0.5, 0.6) is 23.0 Å². The molecule has 0 aliphatic heterocycles. The van der Waals surface area contributed by atoms with E-state index >= 15 is 0 Å². The first-order valence-corrected chi connectivity index (χ1v) is 10.4. The summed E-state index contributed by atoms with van der Waals surface area (Å²) in [5.74, 6) is 2.32. The fourth-order valence-corrected chi connectivity index (χ4v) is 3.47. The Bertz CT molecular complexity index is 1220. The molecular formula is C28H24N2O4. The SMILES string of the molecule is COc1ccc(C(C#N)=Cc2ccccc2C=C(C#N)c2ccc(OC)cc2OC)c(OC)c1. The average Bonchev–Trinajstić information content (AvgIpc) is 2.90. The van der Waals surface area contributed by atoms with E-state index in [2.05, 4.69) is 12.1 Å². The number of hydrogen-bond donors (Lipinski definition) is 0. The lowest BCUT2D eigenvalue weighted by molar-refractivity contribution is 0.393. The minimum absolute atomic E-state index is 0.417. The van der Waals surface area contributed by atoms with Crippen LogP contribution < -0.4 is 18.9 Å². The molecule has 0 unspecified atom stereocenters. The number of allylic oxidation sites excluding steroid dienone is 2. The van der Waals surface area contributed by atoms with Crippen LogP contribution in [-0.4, -0.2) is 28.4 Å². The van der Waals surface area contributed by atoms with Crippen molar-refractivity contribution in [3.05, 3.63) is 82.9 Å². The van der Waals surface area contributed by atoms with Gasteiger partial charge in [0.2, 0.25) is 0 Å². The van der Waals surface area contributed by atoms with Crippen LogP contribution in [0.4, 0.5) is 0 Å². The van der Waals surface area contributed by atoms with E-state index in [0.717, 1.165) is 11.1 Å². The maximum absolute atomic E-state index is 9.90. The minimum Gasteiger partial charge on any atom is -0.497 e. The molecule has 0 heterocycles. The molecule has 6 heteroatoms. The molecular weight excluding hydrogens is 428 g/mol. The van der Waals surface area contributed by atoms with Gasteiger partial charge in [-0.3, -0.25) is 0 Å². The van der Waals surface area contributed by atoms with Gasteiger partial charge in [-0.15, -0.1) is 0 Å². The average molecular weight is 453 g/mol. The molecule has 6 nitrogen and oxygen atoms in total. The number of rotatable bonds is 8. The second kappa shape index (κ2) is 11.3. The number of nitrogens with zero attached hydrogens (tertiary/aromatic N) is 2. The zero-order valence-electron chi connectivity index (χ0n) is 19.5. The van der Waals surface area contributed by atoms with Crippen LogP contribution in [0, 0.1) is 22.7 Å². The van der Waals surface area contributed by atoms with E-state index in [4.69, 9.17) is 18.9 Å². The van der Waals surface area contributed by atoms with Gasteiger partial charge in [0.25, 0.3) is 0 Å². The third-order valence-electron chi connectivity index (χ3n) is 5.23. The van der Waals surface area contributed by atoms with E-state index in [9.17, 15) is 10.5 Å². The number of methoxy groups -OCH3 is 4. The van der Waals surface area contributed by atoms with E-state index in [0.29, 0.717) is 45.3 Å². The molecule has 0 N–H and O–H groups in total. The van der Waals surface area contributed by atoms with Gasteiger partial charge in [-0.2, -0.15) is 10.5 Å². The van der Waals surface area contributed by atoms with Crippen LogP contribution in [0.25, 0.3) is 23.3 Å². The molecule has 0 spiro atoms. The molecule has 3 rings (SSSR count). The highest BCUT2D eigenvalue weighted by Gasteiger charge is 2.13. The Morgan fingerprint density at radius 1 is 0.618 bits per heavy atom. The topological polar surface area (TPSA) is 84.5 Å². The first kappa shape index (κ1) is 24.0. The molecule has 170 valence electrons. The van der Waals surface area contributed by atoms with Crippen LogP contribution in [-0.2, 0) is 0 Å². The van der Waals surface area contributed by atoms with Crippen LogP contribution in [0.3, 0.4) is 0 Å². The highest BCUT2D eigenvalue weighted by atomic mass is 16.5. The summed E-state index contributed by atoms with van der Waals surface area (Å²) in [6.07, 6.45) is 3.55. The summed E-state index contributed by atoms with van der Waals surface area (Å²) < 4.78 is 21.5. The van der Waals surface area contributed by atoms with Gasteiger partial charge in [0.15, 0.2) is 0 Å². The van der Waals surface area contributed by atoms with E-state index in [1.807, 2.05) is 24.3 Å². The Labute approximate surface area is 199 Å². The Kier molecular flexibility index (Phi) is 7.94. The Hall–Kier alpha value is -4.68. The van der Waals surface area contributed by atoms with Crippen molar-refractivity contribution in [2.45, 2.75) is 0 Å². The number of hydrogen-bond acceptors (Lipinski definition) is 6.